The third kappa shape index (κ3) is 3.74. The Labute approximate surface area is 116 Å². The van der Waals surface area contributed by atoms with E-state index < -0.39 is 17.6 Å². The molecule has 110 valence electrons. The van der Waals surface area contributed by atoms with E-state index in [0.717, 1.165) is 19.0 Å². The molecule has 0 amide bonds. The first-order valence-corrected chi connectivity index (χ1v) is 6.51. The summed E-state index contributed by atoms with van der Waals surface area (Å²) < 4.78 is 26.0. The zero-order chi connectivity index (χ0) is 14.8. The zero-order valence-electron chi connectivity index (χ0n) is 11.3. The molecule has 1 aromatic carbocycles. The Morgan fingerprint density at radius 2 is 2.20 bits per heavy atom. The van der Waals surface area contributed by atoms with Crippen molar-refractivity contribution >= 4 is 5.97 Å². The van der Waals surface area contributed by atoms with Gasteiger partial charge in [-0.2, -0.15) is 0 Å². The normalized spacial score (nSPS) is 23.1. The maximum absolute atomic E-state index is 13.1. The molecule has 0 spiro atoms. The predicted octanol–water partition coefficient (Wildman–Crippen LogP) is 1.60. The number of carbonyl (C=O) groups is 1. The van der Waals surface area contributed by atoms with Crippen LogP contribution in [0.15, 0.2) is 18.2 Å². The van der Waals surface area contributed by atoms with Gasteiger partial charge in [0.1, 0.15) is 0 Å². The highest BCUT2D eigenvalue weighted by Gasteiger charge is 2.33. The van der Waals surface area contributed by atoms with Crippen LogP contribution in [0.2, 0.25) is 0 Å². The van der Waals surface area contributed by atoms with Crippen molar-refractivity contribution in [2.45, 2.75) is 25.4 Å². The first kappa shape index (κ1) is 14.9. The minimum absolute atomic E-state index is 0.0739. The Balaban J connectivity index is 1.92. The molecule has 0 aromatic heterocycles. The van der Waals surface area contributed by atoms with E-state index in [1.807, 2.05) is 6.92 Å². The largest absolute Gasteiger partial charge is 0.480 e. The summed E-state index contributed by atoms with van der Waals surface area (Å²) in [4.78, 5) is 12.7. The average Bonchev–Trinajstić information content (AvgIpc) is 2.74. The number of aliphatic carboxylic acids is 1. The van der Waals surface area contributed by atoms with Gasteiger partial charge in [0, 0.05) is 25.2 Å². The molecule has 0 bridgehead atoms. The Kier molecular flexibility index (Phi) is 4.35. The molecule has 1 aliphatic heterocycles. The Bertz CT molecular complexity index is 510. The minimum Gasteiger partial charge on any atom is -0.480 e. The summed E-state index contributed by atoms with van der Waals surface area (Å²) in [6.07, 6.45) is 0.823. The molecule has 2 rings (SSSR count). The van der Waals surface area contributed by atoms with E-state index >= 15 is 0 Å². The highest BCUT2D eigenvalue weighted by atomic mass is 19.2. The second-order valence-electron chi connectivity index (χ2n) is 5.52. The molecule has 1 unspecified atom stereocenters. The summed E-state index contributed by atoms with van der Waals surface area (Å²) >= 11 is 0. The molecule has 0 radical (unpaired) electrons. The van der Waals surface area contributed by atoms with Crippen molar-refractivity contribution in [1.29, 1.82) is 0 Å². The second kappa shape index (κ2) is 5.85. The predicted molar refractivity (Wildman–Crippen MR) is 70.3 cm³/mol. The number of benzene rings is 1. The van der Waals surface area contributed by atoms with E-state index in [1.165, 1.54) is 6.07 Å². The number of hydrogen-bond acceptors (Lipinski definition) is 3. The summed E-state index contributed by atoms with van der Waals surface area (Å²) in [6, 6.07) is 3.90. The number of rotatable bonds is 5. The van der Waals surface area contributed by atoms with Gasteiger partial charge >= 0.3 is 5.97 Å². The third-order valence-electron chi connectivity index (χ3n) is 3.61. The molecular formula is C14H18F2N2O2. The van der Waals surface area contributed by atoms with E-state index in [1.54, 1.807) is 6.07 Å². The van der Waals surface area contributed by atoms with Crippen LogP contribution < -0.4 is 5.32 Å². The molecule has 2 N–H and O–H groups in total. The van der Waals surface area contributed by atoms with Crippen LogP contribution in [0.1, 0.15) is 18.9 Å². The topological polar surface area (TPSA) is 52.6 Å². The van der Waals surface area contributed by atoms with E-state index in [4.69, 9.17) is 5.11 Å². The van der Waals surface area contributed by atoms with Gasteiger partial charge in [-0.05, 0) is 31.0 Å². The van der Waals surface area contributed by atoms with Crippen LogP contribution in [0, 0.1) is 11.6 Å². The number of carboxylic acid groups (broad SMARTS) is 1. The molecule has 0 aliphatic carbocycles. The average molecular weight is 284 g/mol. The lowest BCUT2D eigenvalue weighted by Crippen LogP contribution is -2.46. The van der Waals surface area contributed by atoms with E-state index in [0.29, 0.717) is 18.7 Å². The van der Waals surface area contributed by atoms with Crippen LogP contribution in [0.25, 0.3) is 0 Å². The van der Waals surface area contributed by atoms with E-state index in [-0.39, 0.29) is 12.1 Å². The third-order valence-corrected chi connectivity index (χ3v) is 3.61. The molecular weight excluding hydrogens is 266 g/mol. The molecule has 1 aromatic rings. The first-order chi connectivity index (χ1) is 9.38. The monoisotopic (exact) mass is 284 g/mol. The van der Waals surface area contributed by atoms with Crippen LogP contribution in [-0.4, -0.2) is 41.1 Å². The summed E-state index contributed by atoms with van der Waals surface area (Å²) in [7, 11) is 0. The maximum atomic E-state index is 13.1. The van der Waals surface area contributed by atoms with Crippen molar-refractivity contribution in [3.05, 3.63) is 35.4 Å². The van der Waals surface area contributed by atoms with Crippen LogP contribution in [0.5, 0.6) is 0 Å². The number of nitrogens with one attached hydrogen (secondary N) is 1. The summed E-state index contributed by atoms with van der Waals surface area (Å²) in [6.45, 7) is 3.90. The van der Waals surface area contributed by atoms with E-state index in [9.17, 15) is 13.6 Å². The number of nitrogens with zero attached hydrogens (tertiary/aromatic N) is 1. The highest BCUT2D eigenvalue weighted by molar-refractivity contribution is 5.69. The highest BCUT2D eigenvalue weighted by Crippen LogP contribution is 2.22. The van der Waals surface area contributed by atoms with Gasteiger partial charge in [-0.1, -0.05) is 6.07 Å². The molecule has 1 saturated heterocycles. The van der Waals surface area contributed by atoms with Gasteiger partial charge in [-0.15, -0.1) is 0 Å². The number of likely N-dealkylation sites (tertiary alicyclic amines) is 1. The molecule has 4 nitrogen and oxygen atoms in total. The fraction of sp³-hybridized carbons (Fsp3) is 0.500. The van der Waals surface area contributed by atoms with E-state index in [2.05, 4.69) is 10.2 Å². The standard InChI is InChI=1S/C14H18F2N2O2/c1-14(17-7-13(19)20)4-5-18(9-14)8-10-2-3-11(15)12(16)6-10/h2-3,6,17H,4-5,7-9H2,1H3,(H,19,20). The Morgan fingerprint density at radius 3 is 2.85 bits per heavy atom. The van der Waals surface area contributed by atoms with Gasteiger partial charge in [-0.3, -0.25) is 9.69 Å². The van der Waals surface area contributed by atoms with Crippen molar-refractivity contribution in [2.75, 3.05) is 19.6 Å². The number of hydrogen-bond donors (Lipinski definition) is 2. The number of halogens is 2. The molecule has 1 heterocycles. The Hall–Kier alpha value is -1.53. The summed E-state index contributed by atoms with van der Waals surface area (Å²) in [5.74, 6) is -2.57. The van der Waals surface area contributed by atoms with Gasteiger partial charge in [0.2, 0.25) is 0 Å². The lowest BCUT2D eigenvalue weighted by molar-refractivity contribution is -0.136. The van der Waals surface area contributed by atoms with Crippen molar-refractivity contribution < 1.29 is 18.7 Å². The molecule has 1 aliphatic rings. The van der Waals surface area contributed by atoms with Crippen LogP contribution in [-0.2, 0) is 11.3 Å². The van der Waals surface area contributed by atoms with Crippen molar-refractivity contribution in [3.8, 4) is 0 Å². The van der Waals surface area contributed by atoms with Crippen molar-refractivity contribution in [1.82, 2.24) is 10.2 Å². The molecule has 1 atom stereocenters. The minimum atomic E-state index is -0.884. The molecule has 20 heavy (non-hydrogen) atoms. The molecule has 0 saturated carbocycles. The lowest BCUT2D eigenvalue weighted by atomic mass is 10.0. The lowest BCUT2D eigenvalue weighted by Gasteiger charge is -2.25. The van der Waals surface area contributed by atoms with Gasteiger partial charge in [0.25, 0.3) is 0 Å². The van der Waals surface area contributed by atoms with Gasteiger partial charge < -0.3 is 10.4 Å². The molecule has 1 fully saturated rings. The SMILES string of the molecule is CC1(NCC(=O)O)CCN(Cc2ccc(F)c(F)c2)C1. The fourth-order valence-corrected chi connectivity index (χ4v) is 2.52. The number of carboxylic acids is 1. The molecule has 6 heteroatoms. The van der Waals surface area contributed by atoms with Crippen LogP contribution in [0.4, 0.5) is 8.78 Å². The first-order valence-electron chi connectivity index (χ1n) is 6.51. The quantitative estimate of drug-likeness (QED) is 0.862. The van der Waals surface area contributed by atoms with Gasteiger partial charge in [0.15, 0.2) is 11.6 Å². The zero-order valence-corrected chi connectivity index (χ0v) is 11.3. The fourth-order valence-electron chi connectivity index (χ4n) is 2.52. The Morgan fingerprint density at radius 1 is 1.45 bits per heavy atom. The maximum Gasteiger partial charge on any atom is 0.317 e. The van der Waals surface area contributed by atoms with Crippen molar-refractivity contribution in [2.24, 2.45) is 0 Å². The van der Waals surface area contributed by atoms with Crippen LogP contribution in [0.3, 0.4) is 0 Å². The van der Waals surface area contributed by atoms with Crippen LogP contribution >= 0.6 is 0 Å². The van der Waals surface area contributed by atoms with Crippen molar-refractivity contribution in [3.63, 3.8) is 0 Å². The smallest absolute Gasteiger partial charge is 0.317 e. The second-order valence-corrected chi connectivity index (χ2v) is 5.52. The van der Waals surface area contributed by atoms with Gasteiger partial charge in [0.05, 0.1) is 6.54 Å². The summed E-state index contributed by atoms with van der Waals surface area (Å²) in [5, 5.41) is 11.7. The van der Waals surface area contributed by atoms with Gasteiger partial charge in [-0.25, -0.2) is 8.78 Å². The summed E-state index contributed by atoms with van der Waals surface area (Å²) in [5.41, 5.74) is 0.461.